The molecule has 1 fully saturated rings. The molecule has 1 saturated heterocycles. The van der Waals surface area contributed by atoms with Gasteiger partial charge in [-0.3, -0.25) is 9.69 Å². The second kappa shape index (κ2) is 7.70. The molecule has 1 N–H and O–H groups in total. The van der Waals surface area contributed by atoms with Gasteiger partial charge in [0.1, 0.15) is 17.9 Å². The zero-order valence-electron chi connectivity index (χ0n) is 15.7. The molecule has 1 aromatic heterocycles. The number of benzene rings is 1. The number of nitrogens with zero attached hydrogens (tertiary/aromatic N) is 4. The number of rotatable bonds is 6. The predicted molar refractivity (Wildman–Crippen MR) is 102 cm³/mol. The van der Waals surface area contributed by atoms with E-state index in [4.69, 9.17) is 4.74 Å². The van der Waals surface area contributed by atoms with Crippen LogP contribution in [0.3, 0.4) is 0 Å². The Balaban J connectivity index is 1.49. The molecule has 1 aromatic carbocycles. The number of likely N-dealkylation sites (N-methyl/N-ethyl adjacent to an activating group) is 1. The topological polar surface area (TPSA) is 70.6 Å². The van der Waals surface area contributed by atoms with Crippen molar-refractivity contribution in [1.29, 1.82) is 0 Å². The highest BCUT2D eigenvalue weighted by atomic mass is 16.5. The lowest BCUT2D eigenvalue weighted by Gasteiger charge is -2.45. The van der Waals surface area contributed by atoms with Gasteiger partial charge in [0, 0.05) is 36.1 Å². The van der Waals surface area contributed by atoms with Crippen LogP contribution in [-0.2, 0) is 4.79 Å². The molecule has 2 heterocycles. The van der Waals surface area contributed by atoms with E-state index in [2.05, 4.69) is 25.1 Å². The molecule has 0 aliphatic carbocycles. The average Bonchev–Trinajstić information content (AvgIpc) is 2.58. The Morgan fingerprint density at radius 1 is 1.27 bits per heavy atom. The second-order valence-corrected chi connectivity index (χ2v) is 6.66. The maximum absolute atomic E-state index is 12.3. The maximum atomic E-state index is 12.3. The van der Waals surface area contributed by atoms with Crippen molar-refractivity contribution in [2.24, 2.45) is 0 Å². The number of carbonyl (C=O) groups is 1. The summed E-state index contributed by atoms with van der Waals surface area (Å²) >= 11 is 0. The van der Waals surface area contributed by atoms with Crippen LogP contribution in [0.25, 0.3) is 0 Å². The monoisotopic (exact) mass is 355 g/mol. The van der Waals surface area contributed by atoms with Crippen molar-refractivity contribution < 1.29 is 9.53 Å². The molecule has 0 atom stereocenters. The molecule has 2 aromatic rings. The number of ether oxygens (including phenoxy) is 1. The SMILES string of the molecule is COc1ccc(NC(=O)CN(C)C2CN(c3ncnc(C)c3C)C2)cc1. The van der Waals surface area contributed by atoms with Crippen LogP contribution in [0.4, 0.5) is 11.5 Å². The van der Waals surface area contributed by atoms with Crippen molar-refractivity contribution >= 4 is 17.4 Å². The largest absolute Gasteiger partial charge is 0.497 e. The van der Waals surface area contributed by atoms with Crippen LogP contribution in [0.15, 0.2) is 30.6 Å². The summed E-state index contributed by atoms with van der Waals surface area (Å²) in [4.78, 5) is 25.2. The van der Waals surface area contributed by atoms with Crippen LogP contribution in [0, 0.1) is 13.8 Å². The summed E-state index contributed by atoms with van der Waals surface area (Å²) in [7, 11) is 3.60. The molecule has 1 amide bonds. The zero-order chi connectivity index (χ0) is 18.7. The van der Waals surface area contributed by atoms with Gasteiger partial charge >= 0.3 is 0 Å². The van der Waals surface area contributed by atoms with Crippen LogP contribution in [0.2, 0.25) is 0 Å². The predicted octanol–water partition coefficient (Wildman–Crippen LogP) is 1.86. The van der Waals surface area contributed by atoms with E-state index in [1.807, 2.05) is 45.2 Å². The molecule has 0 unspecified atom stereocenters. The third-order valence-electron chi connectivity index (χ3n) is 4.86. The van der Waals surface area contributed by atoms with E-state index in [9.17, 15) is 4.79 Å². The molecule has 0 saturated carbocycles. The molecule has 1 aliphatic rings. The van der Waals surface area contributed by atoms with E-state index < -0.39 is 0 Å². The highest BCUT2D eigenvalue weighted by Crippen LogP contribution is 2.25. The Labute approximate surface area is 154 Å². The molecule has 26 heavy (non-hydrogen) atoms. The first-order valence-corrected chi connectivity index (χ1v) is 8.65. The van der Waals surface area contributed by atoms with Gasteiger partial charge in [-0.15, -0.1) is 0 Å². The van der Waals surface area contributed by atoms with Crippen LogP contribution in [0.1, 0.15) is 11.3 Å². The number of hydrogen-bond donors (Lipinski definition) is 1. The highest BCUT2D eigenvalue weighted by molar-refractivity contribution is 5.92. The van der Waals surface area contributed by atoms with E-state index in [0.29, 0.717) is 12.6 Å². The minimum absolute atomic E-state index is 0.0230. The minimum Gasteiger partial charge on any atom is -0.497 e. The van der Waals surface area contributed by atoms with E-state index >= 15 is 0 Å². The molecule has 0 bridgehead atoms. The smallest absolute Gasteiger partial charge is 0.238 e. The fourth-order valence-corrected chi connectivity index (χ4v) is 2.98. The Hall–Kier alpha value is -2.67. The van der Waals surface area contributed by atoms with Gasteiger partial charge in [0.15, 0.2) is 0 Å². The van der Waals surface area contributed by atoms with E-state index in [0.717, 1.165) is 41.6 Å². The highest BCUT2D eigenvalue weighted by Gasteiger charge is 2.32. The summed E-state index contributed by atoms with van der Waals surface area (Å²) in [5.41, 5.74) is 2.89. The second-order valence-electron chi connectivity index (χ2n) is 6.66. The molecule has 1 aliphatic heterocycles. The summed E-state index contributed by atoms with van der Waals surface area (Å²) in [5, 5.41) is 2.92. The van der Waals surface area contributed by atoms with Crippen LogP contribution < -0.4 is 15.0 Å². The summed E-state index contributed by atoms with van der Waals surface area (Å²) in [6.45, 7) is 6.12. The lowest BCUT2D eigenvalue weighted by atomic mass is 10.1. The van der Waals surface area contributed by atoms with Crippen molar-refractivity contribution in [2.45, 2.75) is 19.9 Å². The fraction of sp³-hybridized carbons (Fsp3) is 0.421. The number of hydrogen-bond acceptors (Lipinski definition) is 6. The first-order valence-electron chi connectivity index (χ1n) is 8.65. The van der Waals surface area contributed by atoms with Gasteiger partial charge in [0.05, 0.1) is 13.7 Å². The summed E-state index contributed by atoms with van der Waals surface area (Å²) in [5.74, 6) is 1.74. The van der Waals surface area contributed by atoms with Gasteiger partial charge in [-0.2, -0.15) is 0 Å². The van der Waals surface area contributed by atoms with Gasteiger partial charge in [-0.05, 0) is 45.2 Å². The Morgan fingerprint density at radius 2 is 1.96 bits per heavy atom. The fourth-order valence-electron chi connectivity index (χ4n) is 2.98. The molecule has 0 radical (unpaired) electrons. The number of carbonyl (C=O) groups excluding carboxylic acids is 1. The number of amides is 1. The standard InChI is InChI=1S/C19H25N5O2/c1-13-14(2)20-12-21-19(13)24-9-16(10-24)23(3)11-18(25)22-15-5-7-17(26-4)8-6-15/h5-8,12,16H,9-11H2,1-4H3,(H,22,25). The van der Waals surface area contributed by atoms with Crippen molar-refractivity contribution in [1.82, 2.24) is 14.9 Å². The lowest BCUT2D eigenvalue weighted by molar-refractivity contribution is -0.117. The van der Waals surface area contributed by atoms with E-state index in [-0.39, 0.29) is 5.91 Å². The van der Waals surface area contributed by atoms with E-state index in [1.54, 1.807) is 13.4 Å². The Kier molecular flexibility index (Phi) is 5.37. The zero-order valence-corrected chi connectivity index (χ0v) is 15.7. The van der Waals surface area contributed by atoms with Gasteiger partial charge in [-0.1, -0.05) is 0 Å². The quantitative estimate of drug-likeness (QED) is 0.853. The first-order chi connectivity index (χ1) is 12.5. The average molecular weight is 355 g/mol. The van der Waals surface area contributed by atoms with Crippen LogP contribution in [-0.4, -0.2) is 60.6 Å². The van der Waals surface area contributed by atoms with Gasteiger partial charge in [0.25, 0.3) is 0 Å². The van der Waals surface area contributed by atoms with Gasteiger partial charge in [-0.25, -0.2) is 9.97 Å². The molecule has 7 nitrogen and oxygen atoms in total. The van der Waals surface area contributed by atoms with Gasteiger partial charge in [0.2, 0.25) is 5.91 Å². The first kappa shape index (κ1) is 18.1. The number of aryl methyl sites for hydroxylation is 1. The summed E-state index contributed by atoms with van der Waals surface area (Å²) in [6, 6.07) is 7.67. The lowest BCUT2D eigenvalue weighted by Crippen LogP contribution is -2.60. The van der Waals surface area contributed by atoms with Gasteiger partial charge < -0.3 is 15.0 Å². The molecule has 138 valence electrons. The third kappa shape index (κ3) is 3.94. The summed E-state index contributed by atoms with van der Waals surface area (Å²) in [6.07, 6.45) is 1.61. The number of anilines is 2. The summed E-state index contributed by atoms with van der Waals surface area (Å²) < 4.78 is 5.12. The van der Waals surface area contributed by atoms with Crippen molar-refractivity contribution in [3.8, 4) is 5.75 Å². The number of nitrogens with one attached hydrogen (secondary N) is 1. The normalized spacial score (nSPS) is 14.3. The molecule has 3 rings (SSSR count). The van der Waals surface area contributed by atoms with Crippen molar-refractivity contribution in [3.63, 3.8) is 0 Å². The van der Waals surface area contributed by atoms with Crippen LogP contribution >= 0.6 is 0 Å². The molecular formula is C19H25N5O2. The molecular weight excluding hydrogens is 330 g/mol. The van der Waals surface area contributed by atoms with Crippen molar-refractivity contribution in [3.05, 3.63) is 41.9 Å². The number of aromatic nitrogens is 2. The minimum atomic E-state index is -0.0230. The van der Waals surface area contributed by atoms with E-state index in [1.165, 1.54) is 0 Å². The maximum Gasteiger partial charge on any atom is 0.238 e. The number of methoxy groups -OCH3 is 1. The Bertz CT molecular complexity index is 772. The molecule has 0 spiro atoms. The third-order valence-corrected chi connectivity index (χ3v) is 4.86. The van der Waals surface area contributed by atoms with Crippen LogP contribution in [0.5, 0.6) is 5.75 Å². The molecule has 7 heteroatoms. The Morgan fingerprint density at radius 3 is 2.62 bits per heavy atom. The van der Waals surface area contributed by atoms with Crippen molar-refractivity contribution in [2.75, 3.05) is 44.0 Å².